The molecule has 1 saturated heterocycles. The van der Waals surface area contributed by atoms with Crippen molar-refractivity contribution < 1.29 is 9.53 Å². The van der Waals surface area contributed by atoms with Crippen LogP contribution in [0.2, 0.25) is 0 Å². The fraction of sp³-hybridized carbons (Fsp3) is 0.400. The summed E-state index contributed by atoms with van der Waals surface area (Å²) in [6, 6.07) is 10.1. The van der Waals surface area contributed by atoms with Gasteiger partial charge in [0.25, 0.3) is 0 Å². The van der Waals surface area contributed by atoms with E-state index in [-0.39, 0.29) is 18.1 Å². The largest absolute Gasteiger partial charge is 0.371 e. The van der Waals surface area contributed by atoms with Crippen molar-refractivity contribution in [1.29, 1.82) is 0 Å². The number of hydrogen-bond donors (Lipinski definition) is 0. The zero-order valence-corrected chi connectivity index (χ0v) is 14.5. The molecule has 2 aromatic rings. The van der Waals surface area contributed by atoms with Crippen LogP contribution in [0.4, 0.5) is 0 Å². The van der Waals surface area contributed by atoms with Gasteiger partial charge >= 0.3 is 0 Å². The minimum atomic E-state index is -0.0920. The average molecular weight is 324 g/mol. The molecule has 1 aromatic heterocycles. The number of nitrogens with zero attached hydrogens (tertiary/aromatic N) is 2. The Kier molecular flexibility index (Phi) is 4.95. The number of benzene rings is 1. The lowest BCUT2D eigenvalue weighted by molar-refractivity contribution is -0.132. The fourth-order valence-corrected chi connectivity index (χ4v) is 3.43. The highest BCUT2D eigenvalue weighted by Gasteiger charge is 2.35. The third kappa shape index (κ3) is 3.34. The monoisotopic (exact) mass is 324 g/mol. The van der Waals surface area contributed by atoms with E-state index in [2.05, 4.69) is 31.0 Å². The van der Waals surface area contributed by atoms with Gasteiger partial charge in [-0.15, -0.1) is 0 Å². The number of pyridine rings is 1. The fourth-order valence-electron chi connectivity index (χ4n) is 3.43. The van der Waals surface area contributed by atoms with Crippen LogP contribution in [-0.2, 0) is 16.0 Å². The van der Waals surface area contributed by atoms with Gasteiger partial charge in [0.2, 0.25) is 5.91 Å². The Morgan fingerprint density at radius 3 is 2.67 bits per heavy atom. The predicted octanol–water partition coefficient (Wildman–Crippen LogP) is 3.23. The van der Waals surface area contributed by atoms with Gasteiger partial charge in [-0.1, -0.05) is 24.3 Å². The maximum Gasteiger partial charge on any atom is 0.227 e. The Morgan fingerprint density at radius 2 is 2.00 bits per heavy atom. The molecule has 0 bridgehead atoms. The third-order valence-electron chi connectivity index (χ3n) is 4.94. The number of carbonyl (C=O) groups is 1. The minimum Gasteiger partial charge on any atom is -0.371 e. The van der Waals surface area contributed by atoms with Gasteiger partial charge in [-0.05, 0) is 43.0 Å². The van der Waals surface area contributed by atoms with Gasteiger partial charge < -0.3 is 9.64 Å². The van der Waals surface area contributed by atoms with Gasteiger partial charge in [-0.25, -0.2) is 0 Å². The van der Waals surface area contributed by atoms with Crippen LogP contribution >= 0.6 is 0 Å². The van der Waals surface area contributed by atoms with Gasteiger partial charge in [0.1, 0.15) is 6.10 Å². The van der Waals surface area contributed by atoms with E-state index in [0.717, 1.165) is 17.5 Å². The maximum atomic E-state index is 12.8. The summed E-state index contributed by atoms with van der Waals surface area (Å²) in [6.45, 7) is 4.80. The topological polar surface area (TPSA) is 42.4 Å². The van der Waals surface area contributed by atoms with E-state index in [1.54, 1.807) is 6.20 Å². The van der Waals surface area contributed by atoms with Crippen molar-refractivity contribution >= 4 is 5.91 Å². The number of hydrogen-bond acceptors (Lipinski definition) is 3. The van der Waals surface area contributed by atoms with Crippen molar-refractivity contribution in [3.05, 3.63) is 65.0 Å². The highest BCUT2D eigenvalue weighted by atomic mass is 16.5. The molecular formula is C20H24N2O2. The average Bonchev–Trinajstić information content (AvgIpc) is 3.08. The second-order valence-corrected chi connectivity index (χ2v) is 6.49. The Hall–Kier alpha value is -2.20. The number of carbonyl (C=O) groups excluding carboxylic acids is 1. The Bertz CT molecular complexity index is 695. The quantitative estimate of drug-likeness (QED) is 0.867. The van der Waals surface area contributed by atoms with Gasteiger partial charge in [0, 0.05) is 31.6 Å². The Balaban J connectivity index is 1.75. The van der Waals surface area contributed by atoms with Crippen LogP contribution in [0.3, 0.4) is 0 Å². The van der Waals surface area contributed by atoms with Crippen molar-refractivity contribution in [3.63, 3.8) is 0 Å². The van der Waals surface area contributed by atoms with E-state index in [1.807, 2.05) is 36.3 Å². The van der Waals surface area contributed by atoms with Crippen LogP contribution in [-0.4, -0.2) is 35.5 Å². The molecule has 4 nitrogen and oxygen atoms in total. The van der Waals surface area contributed by atoms with E-state index in [0.29, 0.717) is 13.0 Å². The van der Waals surface area contributed by atoms with Crippen molar-refractivity contribution in [2.75, 3.05) is 13.7 Å². The molecule has 2 heterocycles. The second kappa shape index (κ2) is 7.14. The van der Waals surface area contributed by atoms with Gasteiger partial charge in [0.05, 0.1) is 12.5 Å². The third-order valence-corrected chi connectivity index (χ3v) is 4.94. The van der Waals surface area contributed by atoms with Gasteiger partial charge in [-0.2, -0.15) is 0 Å². The molecule has 126 valence electrons. The molecule has 0 radical (unpaired) electrons. The molecule has 0 aliphatic carbocycles. The van der Waals surface area contributed by atoms with Crippen LogP contribution in [0.1, 0.15) is 34.8 Å². The van der Waals surface area contributed by atoms with Gasteiger partial charge in [-0.3, -0.25) is 9.78 Å². The SMILES string of the molecule is Cc1cccc(C)c1CC(=O)N(C)[C@H]1CCO[C@@H]1c1cccnc1. The molecule has 4 heteroatoms. The first kappa shape index (κ1) is 16.7. The molecule has 1 aromatic carbocycles. The summed E-state index contributed by atoms with van der Waals surface area (Å²) in [6.07, 6.45) is 4.78. The lowest BCUT2D eigenvalue weighted by Crippen LogP contribution is -2.39. The molecule has 0 unspecified atom stereocenters. The van der Waals surface area contributed by atoms with E-state index >= 15 is 0 Å². The van der Waals surface area contributed by atoms with E-state index in [4.69, 9.17) is 4.74 Å². The summed E-state index contributed by atoms with van der Waals surface area (Å²) in [7, 11) is 1.89. The summed E-state index contributed by atoms with van der Waals surface area (Å²) in [5, 5.41) is 0. The molecule has 3 rings (SSSR count). The van der Waals surface area contributed by atoms with Crippen LogP contribution in [0.5, 0.6) is 0 Å². The molecule has 24 heavy (non-hydrogen) atoms. The molecule has 1 aliphatic heterocycles. The molecule has 0 N–H and O–H groups in total. The van der Waals surface area contributed by atoms with Crippen molar-refractivity contribution in [2.24, 2.45) is 0 Å². The van der Waals surface area contributed by atoms with Crippen LogP contribution in [0, 0.1) is 13.8 Å². The zero-order valence-electron chi connectivity index (χ0n) is 14.5. The first-order valence-electron chi connectivity index (χ1n) is 8.40. The predicted molar refractivity (Wildman–Crippen MR) is 93.7 cm³/mol. The minimum absolute atomic E-state index is 0.0611. The van der Waals surface area contributed by atoms with E-state index in [9.17, 15) is 4.79 Å². The maximum absolute atomic E-state index is 12.8. The number of likely N-dealkylation sites (N-methyl/N-ethyl adjacent to an activating group) is 1. The standard InChI is InChI=1S/C20H24N2O2/c1-14-6-4-7-15(2)17(14)12-19(23)22(3)18-9-11-24-20(18)16-8-5-10-21-13-16/h4-8,10,13,18,20H,9,11-12H2,1-3H3/t18-,20+/m0/s1. The molecule has 2 atom stereocenters. The molecule has 0 saturated carbocycles. The number of amides is 1. The summed E-state index contributed by atoms with van der Waals surface area (Å²) in [5.41, 5.74) is 4.50. The number of ether oxygens (including phenoxy) is 1. The van der Waals surface area contributed by atoms with Gasteiger partial charge in [0.15, 0.2) is 0 Å². The van der Waals surface area contributed by atoms with Crippen molar-refractivity contribution in [1.82, 2.24) is 9.88 Å². The summed E-state index contributed by atoms with van der Waals surface area (Å²) >= 11 is 0. The first-order valence-corrected chi connectivity index (χ1v) is 8.40. The Morgan fingerprint density at radius 1 is 1.25 bits per heavy atom. The normalized spacial score (nSPS) is 20.1. The van der Waals surface area contributed by atoms with E-state index in [1.165, 1.54) is 11.1 Å². The summed E-state index contributed by atoms with van der Waals surface area (Å²) in [5.74, 6) is 0.136. The number of aryl methyl sites for hydroxylation is 2. The lowest BCUT2D eigenvalue weighted by atomic mass is 9.98. The zero-order chi connectivity index (χ0) is 17.1. The van der Waals surface area contributed by atoms with E-state index < -0.39 is 0 Å². The molecule has 1 aliphatic rings. The second-order valence-electron chi connectivity index (χ2n) is 6.49. The Labute approximate surface area is 143 Å². The van der Waals surface area contributed by atoms with Crippen LogP contribution in [0.25, 0.3) is 0 Å². The lowest BCUT2D eigenvalue weighted by Gasteiger charge is -2.29. The molecule has 1 fully saturated rings. The number of rotatable bonds is 4. The molecule has 1 amide bonds. The van der Waals surface area contributed by atoms with Crippen LogP contribution < -0.4 is 0 Å². The van der Waals surface area contributed by atoms with Crippen LogP contribution in [0.15, 0.2) is 42.7 Å². The van der Waals surface area contributed by atoms with Crippen molar-refractivity contribution in [2.45, 2.75) is 38.8 Å². The number of aromatic nitrogens is 1. The molecule has 0 spiro atoms. The smallest absolute Gasteiger partial charge is 0.227 e. The summed E-state index contributed by atoms with van der Waals surface area (Å²) in [4.78, 5) is 18.9. The molecular weight excluding hydrogens is 300 g/mol. The highest BCUT2D eigenvalue weighted by molar-refractivity contribution is 5.79. The van der Waals surface area contributed by atoms with Crippen molar-refractivity contribution in [3.8, 4) is 0 Å². The highest BCUT2D eigenvalue weighted by Crippen LogP contribution is 2.32. The first-order chi connectivity index (χ1) is 11.6. The summed E-state index contributed by atoms with van der Waals surface area (Å²) < 4.78 is 5.89.